The monoisotopic (exact) mass is 195 g/mol. The SMILES string of the molecule is CNC1c2ccc(Cl)cc2CC1C. The standard InChI is InChI=1S/C11H14ClN/c1-7-5-8-6-9(12)3-4-10(8)11(7)13-2/h3-4,6-7,11,13H,5H2,1-2H3. The third-order valence-corrected chi connectivity index (χ3v) is 3.10. The van der Waals surface area contributed by atoms with Crippen LogP contribution in [-0.4, -0.2) is 7.05 Å². The molecule has 0 aliphatic heterocycles. The lowest BCUT2D eigenvalue weighted by molar-refractivity contribution is 0.447. The number of hydrogen-bond acceptors (Lipinski definition) is 1. The Morgan fingerprint density at radius 3 is 2.92 bits per heavy atom. The van der Waals surface area contributed by atoms with Crippen molar-refractivity contribution in [3.8, 4) is 0 Å². The zero-order chi connectivity index (χ0) is 9.42. The van der Waals surface area contributed by atoms with Crippen LogP contribution in [-0.2, 0) is 6.42 Å². The first-order valence-corrected chi connectivity index (χ1v) is 5.05. The molecular weight excluding hydrogens is 182 g/mol. The second-order valence-corrected chi connectivity index (χ2v) is 4.23. The average Bonchev–Trinajstić information content (AvgIpc) is 2.39. The van der Waals surface area contributed by atoms with Crippen molar-refractivity contribution in [1.29, 1.82) is 0 Å². The predicted octanol–water partition coefficient (Wildman–Crippen LogP) is 2.79. The Balaban J connectivity index is 2.42. The molecule has 0 saturated carbocycles. The average molecular weight is 196 g/mol. The molecular formula is C11H14ClN. The van der Waals surface area contributed by atoms with Gasteiger partial charge < -0.3 is 5.32 Å². The van der Waals surface area contributed by atoms with E-state index in [2.05, 4.69) is 24.4 Å². The number of benzene rings is 1. The van der Waals surface area contributed by atoms with Gasteiger partial charge in [0.1, 0.15) is 0 Å². The summed E-state index contributed by atoms with van der Waals surface area (Å²) in [4.78, 5) is 0. The van der Waals surface area contributed by atoms with E-state index in [4.69, 9.17) is 11.6 Å². The highest BCUT2D eigenvalue weighted by Gasteiger charge is 2.27. The van der Waals surface area contributed by atoms with Gasteiger partial charge in [-0.05, 0) is 42.6 Å². The van der Waals surface area contributed by atoms with Crippen molar-refractivity contribution >= 4 is 11.6 Å². The first-order valence-electron chi connectivity index (χ1n) is 4.68. The third kappa shape index (κ3) is 1.47. The Morgan fingerprint density at radius 1 is 1.46 bits per heavy atom. The van der Waals surface area contributed by atoms with E-state index in [1.54, 1.807) is 0 Å². The molecule has 2 unspecified atom stereocenters. The van der Waals surface area contributed by atoms with Crippen LogP contribution in [0, 0.1) is 5.92 Å². The number of fused-ring (bicyclic) bond motifs is 1. The molecule has 0 spiro atoms. The highest BCUT2D eigenvalue weighted by Crippen LogP contribution is 2.36. The summed E-state index contributed by atoms with van der Waals surface area (Å²) in [7, 11) is 2.02. The minimum Gasteiger partial charge on any atom is -0.313 e. The highest BCUT2D eigenvalue weighted by atomic mass is 35.5. The molecule has 1 aromatic carbocycles. The van der Waals surface area contributed by atoms with Crippen molar-refractivity contribution in [3.05, 3.63) is 34.3 Å². The number of hydrogen-bond donors (Lipinski definition) is 1. The van der Waals surface area contributed by atoms with E-state index in [1.807, 2.05) is 13.1 Å². The summed E-state index contributed by atoms with van der Waals surface area (Å²) in [6, 6.07) is 6.71. The Bertz CT molecular complexity index is 322. The van der Waals surface area contributed by atoms with Crippen molar-refractivity contribution in [3.63, 3.8) is 0 Å². The molecule has 0 radical (unpaired) electrons. The van der Waals surface area contributed by atoms with Crippen molar-refractivity contribution in [1.82, 2.24) is 5.32 Å². The number of halogens is 1. The van der Waals surface area contributed by atoms with Gasteiger partial charge in [0.25, 0.3) is 0 Å². The summed E-state index contributed by atoms with van der Waals surface area (Å²) in [6.45, 7) is 2.27. The van der Waals surface area contributed by atoms with E-state index in [9.17, 15) is 0 Å². The van der Waals surface area contributed by atoms with Crippen LogP contribution in [0.15, 0.2) is 18.2 Å². The van der Waals surface area contributed by atoms with Crippen LogP contribution in [0.25, 0.3) is 0 Å². The fraction of sp³-hybridized carbons (Fsp3) is 0.455. The van der Waals surface area contributed by atoms with Crippen molar-refractivity contribution in [2.45, 2.75) is 19.4 Å². The van der Waals surface area contributed by atoms with Crippen LogP contribution >= 0.6 is 11.6 Å². The van der Waals surface area contributed by atoms with Crippen LogP contribution < -0.4 is 5.32 Å². The largest absolute Gasteiger partial charge is 0.313 e. The van der Waals surface area contributed by atoms with E-state index >= 15 is 0 Å². The quantitative estimate of drug-likeness (QED) is 0.727. The van der Waals surface area contributed by atoms with E-state index in [0.29, 0.717) is 12.0 Å². The minimum absolute atomic E-state index is 0.507. The van der Waals surface area contributed by atoms with E-state index in [0.717, 1.165) is 11.4 Å². The molecule has 0 saturated heterocycles. The van der Waals surface area contributed by atoms with E-state index < -0.39 is 0 Å². The number of nitrogens with one attached hydrogen (secondary N) is 1. The molecule has 2 heteroatoms. The highest BCUT2D eigenvalue weighted by molar-refractivity contribution is 6.30. The Kier molecular flexibility index (Phi) is 2.31. The molecule has 0 aromatic heterocycles. The van der Waals surface area contributed by atoms with Gasteiger partial charge >= 0.3 is 0 Å². The molecule has 2 atom stereocenters. The second kappa shape index (κ2) is 3.32. The maximum absolute atomic E-state index is 5.94. The van der Waals surface area contributed by atoms with Gasteiger partial charge in [0, 0.05) is 11.1 Å². The van der Waals surface area contributed by atoms with Crippen molar-refractivity contribution in [2.75, 3.05) is 7.05 Å². The van der Waals surface area contributed by atoms with Gasteiger partial charge in [-0.2, -0.15) is 0 Å². The molecule has 0 amide bonds. The molecule has 2 rings (SSSR count). The Hall–Kier alpha value is -0.530. The lowest BCUT2D eigenvalue weighted by Gasteiger charge is -2.15. The van der Waals surface area contributed by atoms with Crippen LogP contribution in [0.4, 0.5) is 0 Å². The summed E-state index contributed by atoms with van der Waals surface area (Å²) in [6.07, 6.45) is 1.14. The summed E-state index contributed by atoms with van der Waals surface area (Å²) in [5, 5.41) is 4.20. The van der Waals surface area contributed by atoms with Gasteiger partial charge in [-0.25, -0.2) is 0 Å². The molecule has 1 aromatic rings. The molecule has 1 nitrogen and oxygen atoms in total. The lowest BCUT2D eigenvalue weighted by atomic mass is 10.0. The molecule has 0 bridgehead atoms. The molecule has 1 N–H and O–H groups in total. The maximum Gasteiger partial charge on any atom is 0.0408 e. The van der Waals surface area contributed by atoms with Crippen LogP contribution in [0.2, 0.25) is 5.02 Å². The lowest BCUT2D eigenvalue weighted by Crippen LogP contribution is -2.19. The van der Waals surface area contributed by atoms with Crippen LogP contribution in [0.5, 0.6) is 0 Å². The first-order chi connectivity index (χ1) is 6.22. The van der Waals surface area contributed by atoms with E-state index in [-0.39, 0.29) is 0 Å². The second-order valence-electron chi connectivity index (χ2n) is 3.79. The van der Waals surface area contributed by atoms with Gasteiger partial charge in [0.2, 0.25) is 0 Å². The molecule has 0 heterocycles. The topological polar surface area (TPSA) is 12.0 Å². The van der Waals surface area contributed by atoms with Gasteiger partial charge in [-0.3, -0.25) is 0 Å². The normalized spacial score (nSPS) is 26.1. The van der Waals surface area contributed by atoms with Gasteiger partial charge in [0.05, 0.1) is 0 Å². The van der Waals surface area contributed by atoms with Gasteiger partial charge in [0.15, 0.2) is 0 Å². The summed E-state index contributed by atoms with van der Waals surface area (Å²) in [5.74, 6) is 0.679. The predicted molar refractivity (Wildman–Crippen MR) is 56.1 cm³/mol. The van der Waals surface area contributed by atoms with Crippen LogP contribution in [0.3, 0.4) is 0 Å². The minimum atomic E-state index is 0.507. The Labute approximate surface area is 84.1 Å². The summed E-state index contributed by atoms with van der Waals surface area (Å²) < 4.78 is 0. The Morgan fingerprint density at radius 2 is 2.23 bits per heavy atom. The third-order valence-electron chi connectivity index (χ3n) is 2.86. The summed E-state index contributed by atoms with van der Waals surface area (Å²) in [5.41, 5.74) is 2.82. The molecule has 0 fully saturated rings. The fourth-order valence-electron chi connectivity index (χ4n) is 2.27. The van der Waals surface area contributed by atoms with Crippen molar-refractivity contribution in [2.24, 2.45) is 5.92 Å². The van der Waals surface area contributed by atoms with Crippen molar-refractivity contribution < 1.29 is 0 Å². The number of rotatable bonds is 1. The molecule has 1 aliphatic carbocycles. The first kappa shape index (κ1) is 9.04. The van der Waals surface area contributed by atoms with Gasteiger partial charge in [-0.1, -0.05) is 24.6 Å². The van der Waals surface area contributed by atoms with Gasteiger partial charge in [-0.15, -0.1) is 0 Å². The summed E-state index contributed by atoms with van der Waals surface area (Å²) >= 11 is 5.94. The molecule has 13 heavy (non-hydrogen) atoms. The molecule has 70 valence electrons. The van der Waals surface area contributed by atoms with Crippen LogP contribution in [0.1, 0.15) is 24.1 Å². The van der Waals surface area contributed by atoms with E-state index in [1.165, 1.54) is 11.1 Å². The maximum atomic E-state index is 5.94. The zero-order valence-corrected chi connectivity index (χ0v) is 8.73. The zero-order valence-electron chi connectivity index (χ0n) is 7.97. The smallest absolute Gasteiger partial charge is 0.0408 e. The molecule has 1 aliphatic rings. The fourth-order valence-corrected chi connectivity index (χ4v) is 2.46.